The van der Waals surface area contributed by atoms with Crippen LogP contribution in [0.3, 0.4) is 0 Å². The van der Waals surface area contributed by atoms with Crippen molar-refractivity contribution in [1.82, 2.24) is 19.5 Å². The molecule has 0 unspecified atom stereocenters. The highest BCUT2D eigenvalue weighted by atomic mass is 32.1. The summed E-state index contributed by atoms with van der Waals surface area (Å²) in [6, 6.07) is 78.0. The van der Waals surface area contributed by atoms with Crippen LogP contribution in [-0.2, 0) is 0 Å². The molecule has 0 amide bonds. The summed E-state index contributed by atoms with van der Waals surface area (Å²) in [7, 11) is 0. The molecule has 69 heavy (non-hydrogen) atoms. The van der Waals surface area contributed by atoms with Gasteiger partial charge in [0.05, 0.1) is 16.7 Å². The van der Waals surface area contributed by atoms with Crippen molar-refractivity contribution in [2.45, 2.75) is 0 Å². The topological polar surface area (TPSA) is 56.7 Å². The fourth-order valence-electron chi connectivity index (χ4n) is 10.7. The van der Waals surface area contributed by atoms with Gasteiger partial charge in [-0.3, -0.25) is 0 Å². The molecule has 11 aromatic carbocycles. The molecular formula is C63H36N4OS. The van der Waals surface area contributed by atoms with Crippen LogP contribution in [0.2, 0.25) is 0 Å². The first-order valence-corrected chi connectivity index (χ1v) is 24.1. The van der Waals surface area contributed by atoms with Gasteiger partial charge in [0.1, 0.15) is 11.2 Å². The Morgan fingerprint density at radius 1 is 0.333 bits per heavy atom. The average Bonchev–Trinajstić information content (AvgIpc) is 4.08. The van der Waals surface area contributed by atoms with Crippen molar-refractivity contribution in [2.75, 3.05) is 0 Å². The maximum Gasteiger partial charge on any atom is 0.164 e. The summed E-state index contributed by atoms with van der Waals surface area (Å²) in [6.07, 6.45) is 0. The van der Waals surface area contributed by atoms with E-state index in [4.69, 9.17) is 19.4 Å². The van der Waals surface area contributed by atoms with E-state index < -0.39 is 0 Å². The highest BCUT2D eigenvalue weighted by molar-refractivity contribution is 7.25. The van der Waals surface area contributed by atoms with Crippen LogP contribution in [0.25, 0.3) is 147 Å². The van der Waals surface area contributed by atoms with E-state index in [1.165, 1.54) is 52.5 Å². The third kappa shape index (κ3) is 5.92. The lowest BCUT2D eigenvalue weighted by Gasteiger charge is -2.14. The molecule has 0 aliphatic carbocycles. The monoisotopic (exact) mass is 896 g/mol. The molecule has 0 saturated heterocycles. The Kier molecular flexibility index (Phi) is 8.17. The van der Waals surface area contributed by atoms with Gasteiger partial charge in [-0.15, -0.1) is 11.3 Å². The van der Waals surface area contributed by atoms with Gasteiger partial charge >= 0.3 is 0 Å². The summed E-state index contributed by atoms with van der Waals surface area (Å²) in [5.41, 5.74) is 9.94. The quantitative estimate of drug-likeness (QED) is 0.173. The lowest BCUT2D eigenvalue weighted by Crippen LogP contribution is -2.00. The van der Waals surface area contributed by atoms with Crippen LogP contribution in [0, 0.1) is 0 Å². The Morgan fingerprint density at radius 3 is 1.61 bits per heavy atom. The normalized spacial score (nSPS) is 12.1. The largest absolute Gasteiger partial charge is 0.456 e. The van der Waals surface area contributed by atoms with E-state index in [1.807, 2.05) is 12.1 Å². The third-order valence-corrected chi connectivity index (χ3v) is 15.1. The van der Waals surface area contributed by atoms with Gasteiger partial charge in [-0.1, -0.05) is 158 Å². The molecule has 0 spiro atoms. The van der Waals surface area contributed by atoms with E-state index in [0.29, 0.717) is 17.5 Å². The first-order valence-electron chi connectivity index (χ1n) is 23.2. The number of hydrogen-bond acceptors (Lipinski definition) is 5. The first-order chi connectivity index (χ1) is 34.2. The highest BCUT2D eigenvalue weighted by Gasteiger charge is 2.23. The van der Waals surface area contributed by atoms with Crippen LogP contribution < -0.4 is 0 Å². The van der Waals surface area contributed by atoms with Gasteiger partial charge in [-0.05, 0) is 92.7 Å². The van der Waals surface area contributed by atoms with Gasteiger partial charge < -0.3 is 8.98 Å². The standard InChI is InChI=1S/C63H36N4OS/c1-2-13-37(14-3-1)38-25-27-39(28-26-38)61-64-62(44-29-30-58-51(33-44)46-20-10-11-24-57(46)69-58)66-63(65-61)48-22-12-23-55-60(48)59-47-21-9-8-19-45(47)54(36-56(59)68-55)67-52-34-42-17-6-4-15-40(42)31-49(52)50-32-41-16-5-7-18-43(41)35-53(50)67/h1-36H. The second-order valence-corrected chi connectivity index (χ2v) is 19.0. The number of furan rings is 1. The van der Waals surface area contributed by atoms with Gasteiger partial charge in [0.15, 0.2) is 17.5 Å². The molecular weight excluding hydrogens is 861 g/mol. The van der Waals surface area contributed by atoms with E-state index in [1.54, 1.807) is 11.3 Å². The minimum atomic E-state index is 0.583. The molecule has 15 aromatic rings. The molecule has 6 heteroatoms. The summed E-state index contributed by atoms with van der Waals surface area (Å²) in [4.78, 5) is 15.9. The zero-order valence-corrected chi connectivity index (χ0v) is 37.7. The molecule has 15 rings (SSSR count). The first kappa shape index (κ1) is 38.2. The summed E-state index contributed by atoms with van der Waals surface area (Å²) in [5, 5.41) is 13.9. The zero-order chi connectivity index (χ0) is 45.2. The maximum atomic E-state index is 7.01. The van der Waals surface area contributed by atoms with E-state index in [0.717, 1.165) is 77.2 Å². The van der Waals surface area contributed by atoms with Crippen LogP contribution in [-0.4, -0.2) is 19.5 Å². The summed E-state index contributed by atoms with van der Waals surface area (Å²) >= 11 is 1.81. The van der Waals surface area contributed by atoms with Crippen molar-refractivity contribution >= 4 is 108 Å². The predicted molar refractivity (Wildman–Crippen MR) is 289 cm³/mol. The summed E-state index contributed by atoms with van der Waals surface area (Å²) < 4.78 is 11.9. The average molecular weight is 897 g/mol. The van der Waals surface area contributed by atoms with Gasteiger partial charge in [0.25, 0.3) is 0 Å². The molecule has 0 radical (unpaired) electrons. The molecule has 0 bridgehead atoms. The van der Waals surface area contributed by atoms with Crippen LogP contribution in [0.15, 0.2) is 223 Å². The van der Waals surface area contributed by atoms with E-state index in [-0.39, 0.29) is 0 Å². The number of nitrogens with zero attached hydrogens (tertiary/aromatic N) is 4. The minimum Gasteiger partial charge on any atom is -0.456 e. The van der Waals surface area contributed by atoms with Gasteiger partial charge in [0.2, 0.25) is 0 Å². The zero-order valence-electron chi connectivity index (χ0n) is 36.9. The smallest absolute Gasteiger partial charge is 0.164 e. The van der Waals surface area contributed by atoms with Crippen molar-refractivity contribution in [1.29, 1.82) is 0 Å². The van der Waals surface area contributed by atoms with Crippen LogP contribution in [0.4, 0.5) is 0 Å². The van der Waals surface area contributed by atoms with Crippen molar-refractivity contribution < 1.29 is 4.42 Å². The molecule has 0 fully saturated rings. The highest BCUT2D eigenvalue weighted by Crippen LogP contribution is 2.45. The molecule has 5 nitrogen and oxygen atoms in total. The van der Waals surface area contributed by atoms with Crippen LogP contribution in [0.5, 0.6) is 0 Å². The number of benzene rings is 11. The van der Waals surface area contributed by atoms with E-state index >= 15 is 0 Å². The van der Waals surface area contributed by atoms with Gasteiger partial charge in [-0.2, -0.15) is 0 Å². The Balaban J connectivity index is 0.977. The molecule has 0 N–H and O–H groups in total. The molecule has 0 aliphatic rings. The Morgan fingerprint density at radius 2 is 0.884 bits per heavy atom. The summed E-state index contributed by atoms with van der Waals surface area (Å²) in [5.74, 6) is 1.80. The van der Waals surface area contributed by atoms with Crippen molar-refractivity contribution in [2.24, 2.45) is 0 Å². The van der Waals surface area contributed by atoms with Crippen molar-refractivity contribution in [3.8, 4) is 51.0 Å². The minimum absolute atomic E-state index is 0.583. The molecule has 4 aromatic heterocycles. The number of fused-ring (bicyclic) bond motifs is 13. The lowest BCUT2D eigenvalue weighted by atomic mass is 9.99. The number of rotatable bonds is 5. The lowest BCUT2D eigenvalue weighted by molar-refractivity contribution is 0.669. The summed E-state index contributed by atoms with van der Waals surface area (Å²) in [6.45, 7) is 0. The van der Waals surface area contributed by atoms with Gasteiger partial charge in [0, 0.05) is 69.9 Å². The Hall–Kier alpha value is -8.97. The number of hydrogen-bond donors (Lipinski definition) is 0. The fourth-order valence-corrected chi connectivity index (χ4v) is 11.8. The Bertz CT molecular complexity index is 4510. The van der Waals surface area contributed by atoms with Crippen LogP contribution >= 0.6 is 11.3 Å². The molecule has 320 valence electrons. The molecule has 4 heterocycles. The molecule has 0 atom stereocenters. The van der Waals surface area contributed by atoms with Crippen LogP contribution in [0.1, 0.15) is 0 Å². The number of thiophene rings is 1. The van der Waals surface area contributed by atoms with E-state index in [2.05, 4.69) is 211 Å². The maximum absolute atomic E-state index is 7.01. The second-order valence-electron chi connectivity index (χ2n) is 17.9. The fraction of sp³-hybridized carbons (Fsp3) is 0. The predicted octanol–water partition coefficient (Wildman–Crippen LogP) is 17.4. The Labute approximate surface area is 398 Å². The second kappa shape index (κ2) is 14.8. The van der Waals surface area contributed by atoms with E-state index in [9.17, 15) is 0 Å². The molecule has 0 saturated carbocycles. The third-order valence-electron chi connectivity index (χ3n) is 14.0. The molecule has 0 aliphatic heterocycles. The number of aromatic nitrogens is 4. The SMILES string of the molecule is c1ccc(-c2ccc(-c3nc(-c4ccc5sc6ccccc6c5c4)nc(-c4cccc5oc6cc(-n7c8cc9ccccc9cc8c8cc9ccccc9cc87)c7ccccc7c6c45)n3)cc2)cc1. The van der Waals surface area contributed by atoms with Crippen molar-refractivity contribution in [3.63, 3.8) is 0 Å². The van der Waals surface area contributed by atoms with Gasteiger partial charge in [-0.25, -0.2) is 15.0 Å². The van der Waals surface area contributed by atoms with Crippen molar-refractivity contribution in [3.05, 3.63) is 218 Å².